The Morgan fingerprint density at radius 1 is 1.14 bits per heavy atom. The average molecular weight is 402 g/mol. The van der Waals surface area contributed by atoms with E-state index in [4.69, 9.17) is 4.74 Å². The minimum absolute atomic E-state index is 0.0418. The molecule has 0 aliphatic carbocycles. The van der Waals surface area contributed by atoms with Crippen molar-refractivity contribution in [2.45, 2.75) is 46.5 Å². The molecule has 29 heavy (non-hydrogen) atoms. The standard InChI is InChI=1S/C22H31N3O4/c1-22(2,3)21(28)24-12-9-15(10-13-24)20(27)23-16-7-8-17(18(14-16)29-4)25-11-5-6-19(25)26/h7-8,14-15H,5-6,9-13H2,1-4H3,(H,23,27). The van der Waals surface area contributed by atoms with Crippen LogP contribution in [0.25, 0.3) is 0 Å². The van der Waals surface area contributed by atoms with Gasteiger partial charge in [-0.3, -0.25) is 14.4 Å². The van der Waals surface area contributed by atoms with Gasteiger partial charge < -0.3 is 19.9 Å². The molecule has 2 saturated heterocycles. The zero-order valence-electron chi connectivity index (χ0n) is 17.8. The molecule has 2 fully saturated rings. The zero-order valence-corrected chi connectivity index (χ0v) is 17.8. The molecular formula is C22H31N3O4. The maximum atomic E-state index is 12.7. The lowest BCUT2D eigenvalue weighted by Crippen LogP contribution is -2.45. The number of anilines is 2. The number of carbonyl (C=O) groups excluding carboxylic acids is 3. The van der Waals surface area contributed by atoms with E-state index in [0.717, 1.165) is 12.1 Å². The van der Waals surface area contributed by atoms with Crippen LogP contribution in [-0.4, -0.2) is 49.4 Å². The van der Waals surface area contributed by atoms with Crippen molar-refractivity contribution in [3.8, 4) is 5.75 Å². The van der Waals surface area contributed by atoms with E-state index in [-0.39, 0.29) is 23.6 Å². The van der Waals surface area contributed by atoms with Gasteiger partial charge in [-0.1, -0.05) is 20.8 Å². The summed E-state index contributed by atoms with van der Waals surface area (Å²) in [6, 6.07) is 5.39. The van der Waals surface area contributed by atoms with Gasteiger partial charge in [0.25, 0.3) is 0 Å². The number of ether oxygens (including phenoxy) is 1. The summed E-state index contributed by atoms with van der Waals surface area (Å²) in [5, 5.41) is 2.96. The summed E-state index contributed by atoms with van der Waals surface area (Å²) < 4.78 is 5.46. The van der Waals surface area contributed by atoms with E-state index in [1.807, 2.05) is 31.7 Å². The number of rotatable bonds is 4. The van der Waals surface area contributed by atoms with E-state index in [1.165, 1.54) is 0 Å². The Bertz CT molecular complexity index is 792. The van der Waals surface area contributed by atoms with E-state index < -0.39 is 5.41 Å². The Labute approximate surface area is 172 Å². The second-order valence-corrected chi connectivity index (χ2v) is 8.84. The number of methoxy groups -OCH3 is 1. The molecule has 1 aromatic rings. The van der Waals surface area contributed by atoms with Crippen molar-refractivity contribution in [3.63, 3.8) is 0 Å². The molecule has 0 radical (unpaired) electrons. The van der Waals surface area contributed by atoms with E-state index in [9.17, 15) is 14.4 Å². The van der Waals surface area contributed by atoms with Gasteiger partial charge in [0.15, 0.2) is 0 Å². The van der Waals surface area contributed by atoms with Crippen LogP contribution in [0.1, 0.15) is 46.5 Å². The number of piperidine rings is 1. The smallest absolute Gasteiger partial charge is 0.227 e. The van der Waals surface area contributed by atoms with Crippen molar-refractivity contribution in [1.29, 1.82) is 0 Å². The third-order valence-electron chi connectivity index (χ3n) is 5.61. The summed E-state index contributed by atoms with van der Waals surface area (Å²) in [7, 11) is 1.56. The van der Waals surface area contributed by atoms with Crippen LogP contribution in [0.15, 0.2) is 18.2 Å². The maximum Gasteiger partial charge on any atom is 0.227 e. The number of hydrogen-bond acceptors (Lipinski definition) is 4. The number of benzene rings is 1. The lowest BCUT2D eigenvalue weighted by molar-refractivity contribution is -0.142. The Morgan fingerprint density at radius 3 is 2.38 bits per heavy atom. The molecule has 3 amide bonds. The van der Waals surface area contributed by atoms with Crippen LogP contribution in [0, 0.1) is 11.3 Å². The fourth-order valence-electron chi connectivity index (χ4n) is 3.94. The van der Waals surface area contributed by atoms with Gasteiger partial charge in [-0.2, -0.15) is 0 Å². The summed E-state index contributed by atoms with van der Waals surface area (Å²) in [6.45, 7) is 7.65. The van der Waals surface area contributed by atoms with Gasteiger partial charge >= 0.3 is 0 Å². The fourth-order valence-corrected chi connectivity index (χ4v) is 3.94. The van der Waals surface area contributed by atoms with Crippen molar-refractivity contribution < 1.29 is 19.1 Å². The maximum absolute atomic E-state index is 12.7. The minimum atomic E-state index is -0.399. The Morgan fingerprint density at radius 2 is 1.83 bits per heavy atom. The van der Waals surface area contributed by atoms with Crippen LogP contribution in [0.3, 0.4) is 0 Å². The highest BCUT2D eigenvalue weighted by molar-refractivity contribution is 5.98. The number of carbonyl (C=O) groups is 3. The minimum Gasteiger partial charge on any atom is -0.494 e. The topological polar surface area (TPSA) is 79.0 Å². The third-order valence-corrected chi connectivity index (χ3v) is 5.61. The molecule has 0 aromatic heterocycles. The third kappa shape index (κ3) is 4.71. The van der Waals surface area contributed by atoms with Crippen LogP contribution in [0.2, 0.25) is 0 Å². The molecule has 158 valence electrons. The van der Waals surface area contributed by atoms with Gasteiger partial charge in [0.05, 0.1) is 12.8 Å². The fraction of sp³-hybridized carbons (Fsp3) is 0.591. The number of likely N-dealkylation sites (tertiary alicyclic amines) is 1. The SMILES string of the molecule is COc1cc(NC(=O)C2CCN(C(=O)C(C)(C)C)CC2)ccc1N1CCCC1=O. The van der Waals surface area contributed by atoms with Crippen LogP contribution >= 0.6 is 0 Å². The van der Waals surface area contributed by atoms with Gasteiger partial charge in [-0.15, -0.1) is 0 Å². The highest BCUT2D eigenvalue weighted by Gasteiger charge is 2.32. The molecule has 2 heterocycles. The Hall–Kier alpha value is -2.57. The molecule has 2 aliphatic heterocycles. The predicted molar refractivity (Wildman–Crippen MR) is 112 cm³/mol. The first-order valence-corrected chi connectivity index (χ1v) is 10.3. The van der Waals surface area contributed by atoms with Gasteiger partial charge in [-0.05, 0) is 31.4 Å². The molecule has 3 rings (SSSR count). The second kappa shape index (κ2) is 8.43. The molecule has 0 atom stereocenters. The number of amides is 3. The van der Waals surface area contributed by atoms with Crippen molar-refractivity contribution in [1.82, 2.24) is 4.90 Å². The molecular weight excluding hydrogens is 370 g/mol. The van der Waals surface area contributed by atoms with Crippen molar-refractivity contribution in [2.75, 3.05) is 37.0 Å². The molecule has 7 nitrogen and oxygen atoms in total. The quantitative estimate of drug-likeness (QED) is 0.841. The normalized spacial score (nSPS) is 18.1. The van der Waals surface area contributed by atoms with E-state index in [1.54, 1.807) is 24.1 Å². The Balaban J connectivity index is 1.61. The summed E-state index contributed by atoms with van der Waals surface area (Å²) in [5.41, 5.74) is 0.988. The van der Waals surface area contributed by atoms with Crippen molar-refractivity contribution >= 4 is 29.1 Å². The summed E-state index contributed by atoms with van der Waals surface area (Å²) in [5.74, 6) is 0.637. The van der Waals surface area contributed by atoms with Crippen LogP contribution < -0.4 is 15.0 Å². The lowest BCUT2D eigenvalue weighted by Gasteiger charge is -2.35. The second-order valence-electron chi connectivity index (χ2n) is 8.84. The molecule has 2 aliphatic rings. The summed E-state index contributed by atoms with van der Waals surface area (Å²) >= 11 is 0. The van der Waals surface area contributed by atoms with Gasteiger partial charge in [0.2, 0.25) is 17.7 Å². The highest BCUT2D eigenvalue weighted by Crippen LogP contribution is 2.34. The van der Waals surface area contributed by atoms with Crippen LogP contribution in [0.5, 0.6) is 5.75 Å². The van der Waals surface area contributed by atoms with Crippen molar-refractivity contribution in [2.24, 2.45) is 11.3 Å². The number of nitrogens with zero attached hydrogens (tertiary/aromatic N) is 2. The van der Waals surface area contributed by atoms with Gasteiger partial charge in [0, 0.05) is 49.1 Å². The molecule has 1 aromatic carbocycles. The van der Waals surface area contributed by atoms with Crippen molar-refractivity contribution in [3.05, 3.63) is 18.2 Å². The average Bonchev–Trinajstić information content (AvgIpc) is 3.12. The molecule has 0 spiro atoms. The first-order chi connectivity index (χ1) is 13.7. The summed E-state index contributed by atoms with van der Waals surface area (Å²) in [4.78, 5) is 40.7. The molecule has 7 heteroatoms. The highest BCUT2D eigenvalue weighted by atomic mass is 16.5. The molecule has 0 unspecified atom stereocenters. The molecule has 0 saturated carbocycles. The number of nitrogens with one attached hydrogen (secondary N) is 1. The first-order valence-electron chi connectivity index (χ1n) is 10.3. The monoisotopic (exact) mass is 401 g/mol. The zero-order chi connectivity index (χ0) is 21.2. The molecule has 1 N–H and O–H groups in total. The number of hydrogen-bond donors (Lipinski definition) is 1. The van der Waals surface area contributed by atoms with Gasteiger partial charge in [0.1, 0.15) is 5.75 Å². The predicted octanol–water partition coefficient (Wildman–Crippen LogP) is 3.05. The van der Waals surface area contributed by atoms with E-state index in [2.05, 4.69) is 5.32 Å². The Kier molecular flexibility index (Phi) is 6.15. The molecule has 0 bridgehead atoms. The lowest BCUT2D eigenvalue weighted by atomic mass is 9.90. The van der Waals surface area contributed by atoms with Crippen LogP contribution in [-0.2, 0) is 14.4 Å². The van der Waals surface area contributed by atoms with Crippen LogP contribution in [0.4, 0.5) is 11.4 Å². The van der Waals surface area contributed by atoms with E-state index in [0.29, 0.717) is 50.3 Å². The van der Waals surface area contributed by atoms with E-state index >= 15 is 0 Å². The summed E-state index contributed by atoms with van der Waals surface area (Å²) in [6.07, 6.45) is 2.71. The van der Waals surface area contributed by atoms with Gasteiger partial charge in [-0.25, -0.2) is 0 Å². The largest absolute Gasteiger partial charge is 0.494 e. The first kappa shape index (κ1) is 21.1.